The number of hydrogen-bond acceptors (Lipinski definition) is 6. The van der Waals surface area contributed by atoms with Gasteiger partial charge in [0.05, 0.1) is 11.7 Å². The first-order chi connectivity index (χ1) is 7.42. The molecular formula is C9H11N5S. The number of anilines is 1. The first-order valence-corrected chi connectivity index (χ1v) is 5.46. The molecule has 0 amide bonds. The van der Waals surface area contributed by atoms with E-state index >= 15 is 0 Å². The predicted octanol–water partition coefficient (Wildman–Crippen LogP) is 1.82. The Labute approximate surface area is 91.9 Å². The molecule has 0 aliphatic carbocycles. The lowest BCUT2D eigenvalue weighted by atomic mass is 10.2. The van der Waals surface area contributed by atoms with Gasteiger partial charge in [-0.15, -0.1) is 0 Å². The molecule has 5 nitrogen and oxygen atoms in total. The van der Waals surface area contributed by atoms with E-state index in [1.807, 2.05) is 0 Å². The van der Waals surface area contributed by atoms with Crippen LogP contribution in [-0.2, 0) is 0 Å². The Morgan fingerprint density at radius 1 is 1.27 bits per heavy atom. The summed E-state index contributed by atoms with van der Waals surface area (Å²) >= 11 is 1.19. The molecule has 15 heavy (non-hydrogen) atoms. The van der Waals surface area contributed by atoms with Crippen molar-refractivity contribution in [3.63, 3.8) is 0 Å². The Morgan fingerprint density at radius 2 is 2.07 bits per heavy atom. The molecule has 0 aliphatic heterocycles. The molecule has 0 unspecified atom stereocenters. The van der Waals surface area contributed by atoms with E-state index in [1.54, 1.807) is 12.4 Å². The van der Waals surface area contributed by atoms with Crippen molar-refractivity contribution in [3.8, 4) is 11.3 Å². The summed E-state index contributed by atoms with van der Waals surface area (Å²) in [5.74, 6) is 0.816. The largest absolute Gasteiger partial charge is 0.367 e. The van der Waals surface area contributed by atoms with Crippen LogP contribution in [0.15, 0.2) is 18.7 Å². The Kier molecular flexibility index (Phi) is 3.18. The fourth-order valence-corrected chi connectivity index (χ4v) is 1.71. The minimum absolute atomic E-state index is 0.816. The number of hydrogen-bond donors (Lipinski definition) is 1. The van der Waals surface area contributed by atoms with Crippen molar-refractivity contribution in [3.05, 3.63) is 18.7 Å². The average Bonchev–Trinajstić information content (AvgIpc) is 2.75. The van der Waals surface area contributed by atoms with Gasteiger partial charge in [-0.05, 0) is 6.42 Å². The molecule has 2 aromatic rings. The lowest BCUT2D eigenvalue weighted by Crippen LogP contribution is -2.01. The van der Waals surface area contributed by atoms with Crippen LogP contribution in [-0.4, -0.2) is 25.3 Å². The fourth-order valence-electron chi connectivity index (χ4n) is 1.16. The number of nitrogens with zero attached hydrogens (tertiary/aromatic N) is 4. The van der Waals surface area contributed by atoms with E-state index in [4.69, 9.17) is 0 Å². The zero-order chi connectivity index (χ0) is 10.5. The maximum atomic E-state index is 4.23. The summed E-state index contributed by atoms with van der Waals surface area (Å²) in [5, 5.41) is 3.22. The van der Waals surface area contributed by atoms with E-state index in [0.717, 1.165) is 30.0 Å². The number of aromatic nitrogens is 4. The second kappa shape index (κ2) is 4.79. The lowest BCUT2D eigenvalue weighted by Gasteiger charge is -2.02. The average molecular weight is 221 g/mol. The van der Waals surface area contributed by atoms with E-state index in [1.165, 1.54) is 18.1 Å². The molecule has 0 bridgehead atoms. The van der Waals surface area contributed by atoms with Crippen LogP contribution in [0.3, 0.4) is 0 Å². The van der Waals surface area contributed by atoms with Gasteiger partial charge in [-0.2, -0.15) is 8.75 Å². The van der Waals surface area contributed by atoms with Crippen LogP contribution in [0, 0.1) is 0 Å². The van der Waals surface area contributed by atoms with Gasteiger partial charge in [0, 0.05) is 24.5 Å². The molecule has 1 N–H and O–H groups in total. The van der Waals surface area contributed by atoms with Gasteiger partial charge in [-0.25, -0.2) is 9.97 Å². The van der Waals surface area contributed by atoms with Crippen molar-refractivity contribution >= 4 is 17.5 Å². The minimum atomic E-state index is 0.816. The van der Waals surface area contributed by atoms with E-state index in [2.05, 4.69) is 31.0 Å². The van der Waals surface area contributed by atoms with Crippen LogP contribution < -0.4 is 5.32 Å². The lowest BCUT2D eigenvalue weighted by molar-refractivity contribution is 0.974. The van der Waals surface area contributed by atoms with Crippen LogP contribution in [0.25, 0.3) is 11.3 Å². The molecule has 0 radical (unpaired) electrons. The Hall–Kier alpha value is -1.56. The Balaban J connectivity index is 2.25. The molecule has 2 heterocycles. The van der Waals surface area contributed by atoms with E-state index in [9.17, 15) is 0 Å². The predicted molar refractivity (Wildman–Crippen MR) is 59.7 cm³/mol. The maximum absolute atomic E-state index is 4.23. The first kappa shape index (κ1) is 9.97. The van der Waals surface area contributed by atoms with Crippen molar-refractivity contribution in [2.24, 2.45) is 0 Å². The van der Waals surface area contributed by atoms with Crippen LogP contribution in [0.5, 0.6) is 0 Å². The van der Waals surface area contributed by atoms with Gasteiger partial charge < -0.3 is 5.32 Å². The third-order valence-electron chi connectivity index (χ3n) is 1.86. The van der Waals surface area contributed by atoms with E-state index in [-0.39, 0.29) is 0 Å². The first-order valence-electron chi connectivity index (χ1n) is 4.73. The molecule has 6 heteroatoms. The SMILES string of the molecule is CCCNc1nsnc1-c1cncnc1. The van der Waals surface area contributed by atoms with Crippen molar-refractivity contribution in [1.29, 1.82) is 0 Å². The maximum Gasteiger partial charge on any atom is 0.168 e. The zero-order valence-corrected chi connectivity index (χ0v) is 9.16. The molecule has 0 saturated carbocycles. The van der Waals surface area contributed by atoms with Gasteiger partial charge >= 0.3 is 0 Å². The monoisotopic (exact) mass is 221 g/mol. The Bertz CT molecular complexity index is 413. The van der Waals surface area contributed by atoms with Gasteiger partial charge in [-0.3, -0.25) is 0 Å². The summed E-state index contributed by atoms with van der Waals surface area (Å²) in [5.41, 5.74) is 1.72. The van der Waals surface area contributed by atoms with Crippen LogP contribution in [0.4, 0.5) is 5.82 Å². The van der Waals surface area contributed by atoms with Crippen molar-refractivity contribution < 1.29 is 0 Å². The standard InChI is InChI=1S/C9H11N5S/c1-2-3-12-9-8(13-15-14-9)7-4-10-6-11-5-7/h4-6H,2-3H2,1H3,(H,12,14). The minimum Gasteiger partial charge on any atom is -0.367 e. The highest BCUT2D eigenvalue weighted by molar-refractivity contribution is 6.99. The van der Waals surface area contributed by atoms with Gasteiger partial charge in [0.2, 0.25) is 0 Å². The van der Waals surface area contributed by atoms with Crippen molar-refractivity contribution in [2.75, 3.05) is 11.9 Å². The molecule has 0 aliphatic rings. The molecule has 2 rings (SSSR count). The third kappa shape index (κ3) is 2.27. The second-order valence-corrected chi connectivity index (χ2v) is 3.54. The molecule has 2 aromatic heterocycles. The van der Waals surface area contributed by atoms with E-state index < -0.39 is 0 Å². The highest BCUT2D eigenvalue weighted by Crippen LogP contribution is 2.23. The molecule has 0 saturated heterocycles. The summed E-state index contributed by atoms with van der Waals surface area (Å²) in [6, 6.07) is 0. The van der Waals surface area contributed by atoms with Crippen molar-refractivity contribution in [1.82, 2.24) is 18.7 Å². The van der Waals surface area contributed by atoms with Crippen LogP contribution in [0.1, 0.15) is 13.3 Å². The summed E-state index contributed by atoms with van der Waals surface area (Å²) in [6.45, 7) is 3.00. The van der Waals surface area contributed by atoms with Gasteiger partial charge in [0.15, 0.2) is 5.82 Å². The smallest absolute Gasteiger partial charge is 0.168 e. The normalized spacial score (nSPS) is 10.2. The highest BCUT2D eigenvalue weighted by atomic mass is 32.1. The Morgan fingerprint density at radius 3 is 2.80 bits per heavy atom. The highest BCUT2D eigenvalue weighted by Gasteiger charge is 2.09. The summed E-state index contributed by atoms with van der Waals surface area (Å²) in [4.78, 5) is 7.92. The molecule has 0 fully saturated rings. The summed E-state index contributed by atoms with van der Waals surface area (Å²) < 4.78 is 8.42. The molecular weight excluding hydrogens is 210 g/mol. The third-order valence-corrected chi connectivity index (χ3v) is 2.39. The topological polar surface area (TPSA) is 63.6 Å². The number of rotatable bonds is 4. The van der Waals surface area contributed by atoms with E-state index in [0.29, 0.717) is 0 Å². The number of nitrogens with one attached hydrogen (secondary N) is 1. The van der Waals surface area contributed by atoms with Gasteiger partial charge in [-0.1, -0.05) is 6.92 Å². The summed E-state index contributed by atoms with van der Waals surface area (Å²) in [7, 11) is 0. The molecule has 0 aromatic carbocycles. The second-order valence-electron chi connectivity index (χ2n) is 3.02. The molecule has 78 valence electrons. The van der Waals surface area contributed by atoms with Crippen molar-refractivity contribution in [2.45, 2.75) is 13.3 Å². The fraction of sp³-hybridized carbons (Fsp3) is 0.333. The zero-order valence-electron chi connectivity index (χ0n) is 8.34. The van der Waals surface area contributed by atoms with Crippen LogP contribution >= 0.6 is 11.7 Å². The summed E-state index contributed by atoms with van der Waals surface area (Å²) in [6.07, 6.45) is 6.03. The molecule has 0 spiro atoms. The quantitative estimate of drug-likeness (QED) is 0.853. The van der Waals surface area contributed by atoms with Crippen LogP contribution in [0.2, 0.25) is 0 Å². The molecule has 0 atom stereocenters. The van der Waals surface area contributed by atoms with Gasteiger partial charge in [0.25, 0.3) is 0 Å². The van der Waals surface area contributed by atoms with Gasteiger partial charge in [0.1, 0.15) is 12.0 Å².